The summed E-state index contributed by atoms with van der Waals surface area (Å²) in [5, 5.41) is 5.35. The van der Waals surface area contributed by atoms with E-state index in [1.165, 1.54) is 11.3 Å². The maximum absolute atomic E-state index is 11.9. The second kappa shape index (κ2) is 7.05. The maximum Gasteiger partial charge on any atom is 0.278 e. The van der Waals surface area contributed by atoms with E-state index in [0.29, 0.717) is 29.0 Å². The third-order valence-electron chi connectivity index (χ3n) is 2.74. The van der Waals surface area contributed by atoms with Crippen LogP contribution in [-0.4, -0.2) is 17.4 Å². The lowest BCUT2D eigenvalue weighted by molar-refractivity contribution is 0.0952. The summed E-state index contributed by atoms with van der Waals surface area (Å²) in [6, 6.07) is 7.07. The van der Waals surface area contributed by atoms with E-state index in [0.717, 1.165) is 6.42 Å². The first kappa shape index (κ1) is 14.5. The summed E-state index contributed by atoms with van der Waals surface area (Å²) in [5.74, 6) is 1.22. The highest BCUT2D eigenvalue weighted by atomic mass is 32.1. The maximum atomic E-state index is 11.9. The van der Waals surface area contributed by atoms with E-state index in [1.54, 1.807) is 30.5 Å². The highest BCUT2D eigenvalue weighted by molar-refractivity contribution is 7.11. The molecule has 0 spiro atoms. The fourth-order valence-electron chi connectivity index (χ4n) is 1.61. The molecule has 0 aliphatic heterocycles. The van der Waals surface area contributed by atoms with Crippen molar-refractivity contribution in [1.82, 2.24) is 10.3 Å². The van der Waals surface area contributed by atoms with Gasteiger partial charge in [-0.3, -0.25) is 4.79 Å². The van der Waals surface area contributed by atoms with Gasteiger partial charge in [0, 0.05) is 23.7 Å². The van der Waals surface area contributed by atoms with Gasteiger partial charge in [-0.2, -0.15) is 0 Å². The molecule has 0 aliphatic carbocycles. The van der Waals surface area contributed by atoms with Crippen molar-refractivity contribution in [3.8, 4) is 10.9 Å². The largest absolute Gasteiger partial charge is 0.431 e. The average Bonchev–Trinajstić information content (AvgIpc) is 2.92. The molecular weight excluding hydrogens is 272 g/mol. The van der Waals surface area contributed by atoms with Gasteiger partial charge in [-0.05, 0) is 36.6 Å². The Morgan fingerprint density at radius 2 is 2.10 bits per heavy atom. The van der Waals surface area contributed by atoms with Gasteiger partial charge >= 0.3 is 0 Å². The number of rotatable bonds is 6. The Hall–Kier alpha value is -1.88. The zero-order valence-corrected chi connectivity index (χ0v) is 12.4. The highest BCUT2D eigenvalue weighted by Gasteiger charge is 2.06. The first-order valence-corrected chi connectivity index (χ1v) is 7.48. The third-order valence-corrected chi connectivity index (χ3v) is 3.39. The number of carbonyl (C=O) groups is 1. The second-order valence-corrected chi connectivity index (χ2v) is 5.72. The van der Waals surface area contributed by atoms with Gasteiger partial charge in [0.05, 0.1) is 0 Å². The van der Waals surface area contributed by atoms with Crippen molar-refractivity contribution in [2.45, 2.75) is 20.3 Å². The summed E-state index contributed by atoms with van der Waals surface area (Å²) in [7, 11) is 0. The number of hydrogen-bond donors (Lipinski definition) is 1. The van der Waals surface area contributed by atoms with E-state index >= 15 is 0 Å². The Kier molecular flexibility index (Phi) is 5.12. The van der Waals surface area contributed by atoms with E-state index in [4.69, 9.17) is 4.74 Å². The third kappa shape index (κ3) is 4.35. The second-order valence-electron chi connectivity index (χ2n) is 4.86. The summed E-state index contributed by atoms with van der Waals surface area (Å²) >= 11 is 1.43. The van der Waals surface area contributed by atoms with Crippen molar-refractivity contribution in [2.75, 3.05) is 6.54 Å². The van der Waals surface area contributed by atoms with Gasteiger partial charge in [0.2, 0.25) is 0 Å². The van der Waals surface area contributed by atoms with Gasteiger partial charge in [-0.1, -0.05) is 25.2 Å². The summed E-state index contributed by atoms with van der Waals surface area (Å²) in [6.45, 7) is 4.97. The first-order valence-electron chi connectivity index (χ1n) is 6.61. The smallest absolute Gasteiger partial charge is 0.278 e. The zero-order chi connectivity index (χ0) is 14.4. The Morgan fingerprint density at radius 3 is 2.70 bits per heavy atom. The van der Waals surface area contributed by atoms with Crippen molar-refractivity contribution in [3.05, 3.63) is 41.4 Å². The van der Waals surface area contributed by atoms with E-state index in [2.05, 4.69) is 24.1 Å². The predicted molar refractivity (Wildman–Crippen MR) is 80.4 cm³/mol. The van der Waals surface area contributed by atoms with Gasteiger partial charge in [0.1, 0.15) is 5.75 Å². The Bertz CT molecular complexity index is 536. The topological polar surface area (TPSA) is 51.2 Å². The number of benzene rings is 1. The Balaban J connectivity index is 1.89. The molecule has 20 heavy (non-hydrogen) atoms. The number of carbonyl (C=O) groups excluding carboxylic acids is 1. The Labute approximate surface area is 122 Å². The van der Waals surface area contributed by atoms with Crippen molar-refractivity contribution in [1.29, 1.82) is 0 Å². The van der Waals surface area contributed by atoms with Crippen LogP contribution in [0.25, 0.3) is 0 Å². The van der Waals surface area contributed by atoms with Gasteiger partial charge in [-0.25, -0.2) is 4.98 Å². The van der Waals surface area contributed by atoms with Crippen LogP contribution in [-0.2, 0) is 0 Å². The molecule has 0 atom stereocenters. The highest BCUT2D eigenvalue weighted by Crippen LogP contribution is 2.23. The molecule has 1 amide bonds. The van der Waals surface area contributed by atoms with Gasteiger partial charge in [-0.15, -0.1) is 0 Å². The number of ether oxygens (including phenoxy) is 1. The molecule has 4 nitrogen and oxygen atoms in total. The minimum atomic E-state index is -0.0496. The van der Waals surface area contributed by atoms with Crippen LogP contribution in [0.3, 0.4) is 0 Å². The van der Waals surface area contributed by atoms with E-state index in [9.17, 15) is 4.79 Å². The molecule has 1 N–H and O–H groups in total. The molecular formula is C15H18N2O2S. The molecule has 0 radical (unpaired) electrons. The van der Waals surface area contributed by atoms with Crippen LogP contribution in [0.5, 0.6) is 10.9 Å². The Morgan fingerprint density at radius 1 is 1.35 bits per heavy atom. The molecule has 0 fully saturated rings. The van der Waals surface area contributed by atoms with Gasteiger partial charge in [0.15, 0.2) is 0 Å². The molecule has 0 unspecified atom stereocenters. The quantitative estimate of drug-likeness (QED) is 0.882. The molecule has 1 aromatic heterocycles. The average molecular weight is 290 g/mol. The standard InChI is InChI=1S/C15H18N2O2S/c1-11(2)7-8-16-14(18)12-3-5-13(6-4-12)19-15-17-9-10-20-15/h3-6,9-11H,7-8H2,1-2H3,(H,16,18). The number of thiazole rings is 1. The fourth-order valence-corrected chi connectivity index (χ4v) is 2.12. The van der Waals surface area contributed by atoms with Gasteiger partial charge in [0.25, 0.3) is 11.1 Å². The van der Waals surface area contributed by atoms with Crippen molar-refractivity contribution in [2.24, 2.45) is 5.92 Å². The van der Waals surface area contributed by atoms with E-state index in [-0.39, 0.29) is 5.91 Å². The van der Waals surface area contributed by atoms with Crippen LogP contribution in [0.4, 0.5) is 0 Å². The summed E-state index contributed by atoms with van der Waals surface area (Å²) in [6.07, 6.45) is 2.67. The zero-order valence-electron chi connectivity index (χ0n) is 11.6. The lowest BCUT2D eigenvalue weighted by atomic mass is 10.1. The van der Waals surface area contributed by atoms with E-state index < -0.39 is 0 Å². The molecule has 0 bridgehead atoms. The lowest BCUT2D eigenvalue weighted by Gasteiger charge is -2.07. The number of amides is 1. The molecule has 1 aromatic carbocycles. The summed E-state index contributed by atoms with van der Waals surface area (Å²) < 4.78 is 5.54. The van der Waals surface area contributed by atoms with Crippen molar-refractivity contribution >= 4 is 17.2 Å². The van der Waals surface area contributed by atoms with Crippen molar-refractivity contribution < 1.29 is 9.53 Å². The molecule has 0 aliphatic rings. The van der Waals surface area contributed by atoms with E-state index in [1.807, 2.05) is 5.38 Å². The molecule has 2 aromatic rings. The number of nitrogens with zero attached hydrogens (tertiary/aromatic N) is 1. The number of nitrogens with one attached hydrogen (secondary N) is 1. The minimum Gasteiger partial charge on any atom is -0.431 e. The van der Waals surface area contributed by atoms with Crippen LogP contribution in [0.15, 0.2) is 35.8 Å². The molecule has 106 valence electrons. The minimum absolute atomic E-state index is 0.0496. The first-order chi connectivity index (χ1) is 9.65. The monoisotopic (exact) mass is 290 g/mol. The molecule has 5 heteroatoms. The molecule has 0 saturated carbocycles. The number of hydrogen-bond acceptors (Lipinski definition) is 4. The van der Waals surface area contributed by atoms with Crippen LogP contribution < -0.4 is 10.1 Å². The van der Waals surface area contributed by atoms with Crippen LogP contribution in [0.2, 0.25) is 0 Å². The number of aromatic nitrogens is 1. The predicted octanol–water partition coefficient (Wildman–Crippen LogP) is 3.71. The summed E-state index contributed by atoms with van der Waals surface area (Å²) in [4.78, 5) is 15.9. The van der Waals surface area contributed by atoms with Crippen molar-refractivity contribution in [3.63, 3.8) is 0 Å². The fraction of sp³-hybridized carbons (Fsp3) is 0.333. The van der Waals surface area contributed by atoms with Gasteiger partial charge < -0.3 is 10.1 Å². The lowest BCUT2D eigenvalue weighted by Crippen LogP contribution is -2.25. The van der Waals surface area contributed by atoms with Crippen LogP contribution in [0, 0.1) is 5.92 Å². The SMILES string of the molecule is CC(C)CCNC(=O)c1ccc(Oc2nccs2)cc1. The molecule has 0 saturated heterocycles. The summed E-state index contributed by atoms with van der Waals surface area (Å²) in [5.41, 5.74) is 0.639. The molecule has 1 heterocycles. The van der Waals surface area contributed by atoms with Crippen LogP contribution in [0.1, 0.15) is 30.6 Å². The normalized spacial score (nSPS) is 10.6. The molecule has 2 rings (SSSR count). The van der Waals surface area contributed by atoms with Crippen LogP contribution >= 0.6 is 11.3 Å².